The van der Waals surface area contributed by atoms with Crippen molar-refractivity contribution in [3.05, 3.63) is 70.8 Å². The number of amides is 2. The third kappa shape index (κ3) is 5.64. The summed E-state index contributed by atoms with van der Waals surface area (Å²) in [7, 11) is 0. The molecule has 0 saturated heterocycles. The second kappa shape index (κ2) is 7.83. The number of ether oxygens (including phenoxy) is 1. The number of nitrogens with two attached hydrogens (primary N) is 1. The van der Waals surface area contributed by atoms with Crippen LogP contribution in [0.2, 0.25) is 0 Å². The molecule has 2 aromatic carbocycles. The summed E-state index contributed by atoms with van der Waals surface area (Å²) < 4.78 is 5.35. The predicted octanol–water partition coefficient (Wildman–Crippen LogP) is 3.51. The van der Waals surface area contributed by atoms with E-state index in [1.807, 2.05) is 12.1 Å². The molecule has 0 aliphatic heterocycles. The summed E-state index contributed by atoms with van der Waals surface area (Å²) in [5.41, 5.74) is 8.63. The van der Waals surface area contributed by atoms with E-state index >= 15 is 0 Å². The maximum atomic E-state index is 12.1. The molecule has 0 fully saturated rings. The van der Waals surface area contributed by atoms with Gasteiger partial charge in [0.15, 0.2) is 0 Å². The van der Waals surface area contributed by atoms with Crippen LogP contribution in [0.4, 0.5) is 4.79 Å². The molecule has 2 rings (SSSR count). The van der Waals surface area contributed by atoms with Crippen LogP contribution in [0.3, 0.4) is 0 Å². The summed E-state index contributed by atoms with van der Waals surface area (Å²) >= 11 is 0. The van der Waals surface area contributed by atoms with Crippen LogP contribution in [0.15, 0.2) is 48.5 Å². The molecule has 132 valence electrons. The van der Waals surface area contributed by atoms with Gasteiger partial charge in [0.2, 0.25) is 0 Å². The highest BCUT2D eigenvalue weighted by molar-refractivity contribution is 5.89. The van der Waals surface area contributed by atoms with Gasteiger partial charge in [0.05, 0.1) is 5.56 Å². The van der Waals surface area contributed by atoms with Crippen molar-refractivity contribution in [3.63, 3.8) is 0 Å². The Kier molecular flexibility index (Phi) is 5.80. The van der Waals surface area contributed by atoms with E-state index < -0.39 is 6.03 Å². The molecule has 0 aliphatic carbocycles. The summed E-state index contributed by atoms with van der Waals surface area (Å²) in [4.78, 5) is 22.8. The molecule has 0 unspecified atom stereocenters. The van der Waals surface area contributed by atoms with Gasteiger partial charge in [0.1, 0.15) is 6.61 Å². The minimum atomic E-state index is -0.582. The summed E-state index contributed by atoms with van der Waals surface area (Å²) in [6.07, 6.45) is 0. The summed E-state index contributed by atoms with van der Waals surface area (Å²) in [5, 5.41) is 2.49. The molecule has 2 amide bonds. The number of nitrogens with one attached hydrogen (secondary N) is 1. The van der Waals surface area contributed by atoms with Crippen LogP contribution < -0.4 is 11.1 Å². The molecule has 5 nitrogen and oxygen atoms in total. The van der Waals surface area contributed by atoms with Gasteiger partial charge in [-0.3, -0.25) is 0 Å². The number of hydrogen-bond acceptors (Lipinski definition) is 3. The van der Waals surface area contributed by atoms with Crippen molar-refractivity contribution in [3.8, 4) is 0 Å². The Bertz CT molecular complexity index is 729. The van der Waals surface area contributed by atoms with Crippen LogP contribution >= 0.6 is 0 Å². The predicted molar refractivity (Wildman–Crippen MR) is 97.1 cm³/mol. The lowest BCUT2D eigenvalue weighted by molar-refractivity contribution is 0.0472. The molecule has 25 heavy (non-hydrogen) atoms. The van der Waals surface area contributed by atoms with Gasteiger partial charge in [-0.05, 0) is 34.2 Å². The van der Waals surface area contributed by atoms with E-state index in [4.69, 9.17) is 10.5 Å². The number of hydrogen-bond donors (Lipinski definition) is 2. The highest BCUT2D eigenvalue weighted by atomic mass is 16.5. The van der Waals surface area contributed by atoms with Gasteiger partial charge in [0.25, 0.3) is 0 Å². The maximum absolute atomic E-state index is 12.1. The molecule has 0 saturated carbocycles. The Balaban J connectivity index is 1.90. The average molecular weight is 340 g/mol. The molecule has 0 radical (unpaired) electrons. The molecular formula is C20H24N2O3. The molecule has 0 spiro atoms. The van der Waals surface area contributed by atoms with Crippen molar-refractivity contribution in [1.82, 2.24) is 5.32 Å². The summed E-state index contributed by atoms with van der Waals surface area (Å²) in [5.74, 6) is -0.380. The highest BCUT2D eigenvalue weighted by Crippen LogP contribution is 2.22. The fraction of sp³-hybridized carbons (Fsp3) is 0.300. The van der Waals surface area contributed by atoms with E-state index in [1.54, 1.807) is 24.3 Å². The Morgan fingerprint density at radius 2 is 1.52 bits per heavy atom. The molecular weight excluding hydrogens is 316 g/mol. The monoisotopic (exact) mass is 340 g/mol. The van der Waals surface area contributed by atoms with Gasteiger partial charge in [-0.1, -0.05) is 57.2 Å². The minimum absolute atomic E-state index is 0.0975. The third-order valence-corrected chi connectivity index (χ3v) is 3.85. The quantitative estimate of drug-likeness (QED) is 0.817. The Labute approximate surface area is 148 Å². The van der Waals surface area contributed by atoms with Crippen LogP contribution in [0.1, 0.15) is 47.8 Å². The Morgan fingerprint density at radius 3 is 2.04 bits per heavy atom. The molecule has 2 aromatic rings. The third-order valence-electron chi connectivity index (χ3n) is 3.85. The number of esters is 1. The first-order valence-electron chi connectivity index (χ1n) is 8.14. The van der Waals surface area contributed by atoms with Crippen LogP contribution in [-0.4, -0.2) is 12.0 Å². The number of benzene rings is 2. The Morgan fingerprint density at radius 1 is 0.960 bits per heavy atom. The van der Waals surface area contributed by atoms with E-state index in [1.165, 1.54) is 5.56 Å². The van der Waals surface area contributed by atoms with E-state index in [0.29, 0.717) is 12.1 Å². The Hall–Kier alpha value is -2.82. The number of urea groups is 1. The number of primary amides is 1. The van der Waals surface area contributed by atoms with Crippen molar-refractivity contribution in [1.29, 1.82) is 0 Å². The van der Waals surface area contributed by atoms with Crippen molar-refractivity contribution in [2.75, 3.05) is 0 Å². The van der Waals surface area contributed by atoms with Crippen molar-refractivity contribution < 1.29 is 14.3 Å². The fourth-order valence-electron chi connectivity index (χ4n) is 2.28. The number of rotatable bonds is 5. The minimum Gasteiger partial charge on any atom is -0.457 e. The molecule has 0 atom stereocenters. The van der Waals surface area contributed by atoms with Crippen LogP contribution in [0.5, 0.6) is 0 Å². The first-order chi connectivity index (χ1) is 11.8. The first kappa shape index (κ1) is 18.5. The molecule has 0 bridgehead atoms. The highest BCUT2D eigenvalue weighted by Gasteiger charge is 2.13. The zero-order valence-electron chi connectivity index (χ0n) is 14.8. The smallest absolute Gasteiger partial charge is 0.338 e. The van der Waals surface area contributed by atoms with Gasteiger partial charge in [-0.2, -0.15) is 0 Å². The normalized spacial score (nSPS) is 11.0. The van der Waals surface area contributed by atoms with Crippen LogP contribution in [0.25, 0.3) is 0 Å². The maximum Gasteiger partial charge on any atom is 0.338 e. The van der Waals surface area contributed by atoms with E-state index in [2.05, 4.69) is 38.2 Å². The lowest BCUT2D eigenvalue weighted by Gasteiger charge is -2.19. The number of carbonyl (C=O) groups excluding carboxylic acids is 2. The van der Waals surface area contributed by atoms with E-state index in [-0.39, 0.29) is 18.0 Å². The van der Waals surface area contributed by atoms with Gasteiger partial charge >= 0.3 is 12.0 Å². The van der Waals surface area contributed by atoms with Gasteiger partial charge < -0.3 is 15.8 Å². The second-order valence-corrected chi connectivity index (χ2v) is 6.94. The van der Waals surface area contributed by atoms with Gasteiger partial charge in [0, 0.05) is 6.54 Å². The van der Waals surface area contributed by atoms with Crippen molar-refractivity contribution >= 4 is 12.0 Å². The van der Waals surface area contributed by atoms with Gasteiger partial charge in [-0.15, -0.1) is 0 Å². The molecule has 0 aromatic heterocycles. The lowest BCUT2D eigenvalue weighted by atomic mass is 9.87. The molecule has 3 N–H and O–H groups in total. The molecule has 0 aliphatic rings. The van der Waals surface area contributed by atoms with Gasteiger partial charge in [-0.25, -0.2) is 9.59 Å². The summed E-state index contributed by atoms with van der Waals surface area (Å²) in [6, 6.07) is 14.3. The largest absolute Gasteiger partial charge is 0.457 e. The second-order valence-electron chi connectivity index (χ2n) is 6.94. The standard InChI is InChI=1S/C20H24N2O3/c1-20(2,3)17-10-6-15(7-11-17)13-25-18(23)16-8-4-14(5-9-16)12-22-19(21)24/h4-11H,12-13H2,1-3H3,(H3,21,22,24). The zero-order valence-corrected chi connectivity index (χ0v) is 14.8. The fourth-order valence-corrected chi connectivity index (χ4v) is 2.28. The first-order valence-corrected chi connectivity index (χ1v) is 8.14. The van der Waals surface area contributed by atoms with E-state index in [0.717, 1.165) is 11.1 Å². The van der Waals surface area contributed by atoms with Crippen LogP contribution in [-0.2, 0) is 23.3 Å². The average Bonchev–Trinajstić information content (AvgIpc) is 2.58. The zero-order chi connectivity index (χ0) is 18.4. The SMILES string of the molecule is CC(C)(C)c1ccc(COC(=O)c2ccc(CNC(N)=O)cc2)cc1. The molecule has 0 heterocycles. The number of carbonyl (C=O) groups is 2. The lowest BCUT2D eigenvalue weighted by Crippen LogP contribution is -2.28. The van der Waals surface area contributed by atoms with E-state index in [9.17, 15) is 9.59 Å². The van der Waals surface area contributed by atoms with Crippen molar-refractivity contribution in [2.45, 2.75) is 39.3 Å². The molecule has 5 heteroatoms. The summed E-state index contributed by atoms with van der Waals surface area (Å²) in [6.45, 7) is 7.03. The van der Waals surface area contributed by atoms with Crippen LogP contribution in [0, 0.1) is 0 Å². The van der Waals surface area contributed by atoms with Crippen molar-refractivity contribution in [2.24, 2.45) is 5.73 Å². The topological polar surface area (TPSA) is 81.4 Å².